The standard InChI is InChI=1S/C17H18ClFN2O3S.ClH/c1-17(2)9-14(12-8-11(20)4-6-15(12)24-17)21-25(22,23)16-7-10(19)3-5-13(16)18;/h3-8,14,21H,9,20H2,1-2H3;1H. The first kappa shape index (κ1) is 20.8. The summed E-state index contributed by atoms with van der Waals surface area (Å²) in [4.78, 5) is -0.302. The minimum Gasteiger partial charge on any atom is -0.487 e. The van der Waals surface area contributed by atoms with Crippen molar-refractivity contribution in [3.63, 3.8) is 0 Å². The molecule has 5 nitrogen and oxygen atoms in total. The van der Waals surface area contributed by atoms with Crippen molar-refractivity contribution in [1.29, 1.82) is 0 Å². The van der Waals surface area contributed by atoms with Gasteiger partial charge in [0.2, 0.25) is 10.0 Å². The minimum absolute atomic E-state index is 0. The van der Waals surface area contributed by atoms with E-state index in [2.05, 4.69) is 4.72 Å². The van der Waals surface area contributed by atoms with Gasteiger partial charge in [-0.1, -0.05) is 11.6 Å². The Kier molecular flexibility index (Phi) is 5.77. The third-order valence-corrected chi connectivity index (χ3v) is 5.92. The van der Waals surface area contributed by atoms with Gasteiger partial charge in [-0.25, -0.2) is 17.5 Å². The third-order valence-electron chi connectivity index (χ3n) is 3.97. The van der Waals surface area contributed by atoms with E-state index < -0.39 is 27.5 Å². The lowest BCUT2D eigenvalue weighted by Gasteiger charge is -2.37. The van der Waals surface area contributed by atoms with Crippen molar-refractivity contribution in [3.05, 3.63) is 52.8 Å². The van der Waals surface area contributed by atoms with Crippen molar-refractivity contribution in [2.45, 2.75) is 36.8 Å². The van der Waals surface area contributed by atoms with E-state index in [1.807, 2.05) is 13.8 Å². The molecule has 0 aliphatic carbocycles. The minimum atomic E-state index is -4.04. The van der Waals surface area contributed by atoms with E-state index in [1.54, 1.807) is 18.2 Å². The van der Waals surface area contributed by atoms with Crippen LogP contribution < -0.4 is 15.2 Å². The number of benzene rings is 2. The molecule has 3 N–H and O–H groups in total. The summed E-state index contributed by atoms with van der Waals surface area (Å²) in [5.74, 6) is -0.120. The molecule has 3 rings (SSSR count). The molecule has 0 amide bonds. The average molecular weight is 421 g/mol. The van der Waals surface area contributed by atoms with Crippen LogP contribution in [0.15, 0.2) is 41.3 Å². The van der Waals surface area contributed by atoms with Crippen molar-refractivity contribution in [2.75, 3.05) is 5.73 Å². The SMILES string of the molecule is CC1(C)CC(NS(=O)(=O)c2cc(F)ccc2Cl)c2cc(N)ccc2O1.Cl. The lowest BCUT2D eigenvalue weighted by molar-refractivity contribution is 0.0702. The highest BCUT2D eigenvalue weighted by Crippen LogP contribution is 2.41. The second-order valence-electron chi connectivity index (χ2n) is 6.61. The zero-order valence-corrected chi connectivity index (χ0v) is 16.5. The van der Waals surface area contributed by atoms with Crippen LogP contribution in [0.5, 0.6) is 5.75 Å². The van der Waals surface area contributed by atoms with Gasteiger partial charge in [-0.2, -0.15) is 0 Å². The number of halogens is 3. The van der Waals surface area contributed by atoms with Gasteiger partial charge in [0.15, 0.2) is 0 Å². The highest BCUT2D eigenvalue weighted by Gasteiger charge is 2.36. The smallest absolute Gasteiger partial charge is 0.242 e. The molecule has 2 aromatic carbocycles. The van der Waals surface area contributed by atoms with Gasteiger partial charge in [-0.05, 0) is 50.2 Å². The number of fused-ring (bicyclic) bond motifs is 1. The van der Waals surface area contributed by atoms with Gasteiger partial charge < -0.3 is 10.5 Å². The molecule has 1 aliphatic rings. The molecule has 1 heterocycles. The van der Waals surface area contributed by atoms with Gasteiger partial charge in [0.25, 0.3) is 0 Å². The summed E-state index contributed by atoms with van der Waals surface area (Å²) in [5, 5.41) is -0.0481. The third kappa shape index (κ3) is 4.23. The molecule has 0 saturated carbocycles. The predicted molar refractivity (Wildman–Crippen MR) is 102 cm³/mol. The van der Waals surface area contributed by atoms with Gasteiger partial charge in [-0.15, -0.1) is 12.4 Å². The van der Waals surface area contributed by atoms with Crippen LogP contribution in [0.4, 0.5) is 10.1 Å². The zero-order valence-electron chi connectivity index (χ0n) is 14.1. The van der Waals surface area contributed by atoms with Crippen molar-refractivity contribution in [1.82, 2.24) is 4.72 Å². The molecule has 0 bridgehead atoms. The second kappa shape index (κ2) is 7.23. The largest absolute Gasteiger partial charge is 0.487 e. The summed E-state index contributed by atoms with van der Waals surface area (Å²) in [6, 6.07) is 7.71. The highest BCUT2D eigenvalue weighted by molar-refractivity contribution is 7.89. The maximum atomic E-state index is 13.5. The van der Waals surface area contributed by atoms with E-state index in [1.165, 1.54) is 6.07 Å². The molecule has 26 heavy (non-hydrogen) atoms. The Hall–Kier alpha value is -1.54. The summed E-state index contributed by atoms with van der Waals surface area (Å²) in [6.45, 7) is 3.73. The summed E-state index contributed by atoms with van der Waals surface area (Å²) in [5.41, 5.74) is 6.38. The van der Waals surface area contributed by atoms with Crippen molar-refractivity contribution in [2.24, 2.45) is 0 Å². The van der Waals surface area contributed by atoms with E-state index in [4.69, 9.17) is 22.1 Å². The number of nitrogen functional groups attached to an aromatic ring is 1. The van der Waals surface area contributed by atoms with Gasteiger partial charge in [-0.3, -0.25) is 0 Å². The number of nitrogens with one attached hydrogen (secondary N) is 1. The number of hydrogen-bond donors (Lipinski definition) is 2. The van der Waals surface area contributed by atoms with Gasteiger partial charge >= 0.3 is 0 Å². The summed E-state index contributed by atoms with van der Waals surface area (Å²) in [6.07, 6.45) is 0.385. The normalized spacial score (nSPS) is 18.4. The van der Waals surface area contributed by atoms with E-state index in [0.29, 0.717) is 23.4 Å². The fraction of sp³-hybridized carbons (Fsp3) is 0.294. The van der Waals surface area contributed by atoms with Crippen molar-refractivity contribution < 1.29 is 17.5 Å². The van der Waals surface area contributed by atoms with E-state index in [0.717, 1.165) is 12.1 Å². The van der Waals surface area contributed by atoms with Crippen molar-refractivity contribution >= 4 is 39.7 Å². The molecule has 1 atom stereocenters. The Morgan fingerprint density at radius 1 is 1.27 bits per heavy atom. The van der Waals surface area contributed by atoms with Crippen LogP contribution in [-0.4, -0.2) is 14.0 Å². The van der Waals surface area contributed by atoms with Crippen LogP contribution in [0.3, 0.4) is 0 Å². The van der Waals surface area contributed by atoms with Gasteiger partial charge in [0.05, 0.1) is 11.1 Å². The van der Waals surface area contributed by atoms with Crippen LogP contribution in [0.2, 0.25) is 5.02 Å². The molecule has 9 heteroatoms. The van der Waals surface area contributed by atoms with E-state index in [9.17, 15) is 12.8 Å². The predicted octanol–water partition coefficient (Wildman–Crippen LogP) is 4.06. The van der Waals surface area contributed by atoms with E-state index in [-0.39, 0.29) is 22.3 Å². The second-order valence-corrected chi connectivity index (χ2v) is 8.70. The van der Waals surface area contributed by atoms with E-state index >= 15 is 0 Å². The Balaban J connectivity index is 0.00000243. The fourth-order valence-corrected chi connectivity index (χ4v) is 4.64. The Bertz CT molecular complexity index is 936. The maximum Gasteiger partial charge on any atom is 0.242 e. The molecule has 142 valence electrons. The molecular formula is C17H19Cl2FN2O3S. The molecule has 0 aromatic heterocycles. The number of sulfonamides is 1. The highest BCUT2D eigenvalue weighted by atomic mass is 35.5. The molecule has 0 fully saturated rings. The first-order valence-corrected chi connectivity index (χ1v) is 9.49. The summed E-state index contributed by atoms with van der Waals surface area (Å²) in [7, 11) is -4.04. The number of ether oxygens (including phenoxy) is 1. The Labute approximate surface area is 163 Å². The molecular weight excluding hydrogens is 402 g/mol. The number of hydrogen-bond acceptors (Lipinski definition) is 4. The molecule has 1 unspecified atom stereocenters. The summed E-state index contributed by atoms with van der Waals surface area (Å²) >= 11 is 5.95. The Morgan fingerprint density at radius 2 is 1.96 bits per heavy atom. The molecule has 0 radical (unpaired) electrons. The first-order chi connectivity index (χ1) is 11.6. The van der Waals surface area contributed by atoms with Crippen LogP contribution >= 0.6 is 24.0 Å². The van der Waals surface area contributed by atoms with Gasteiger partial charge in [0.1, 0.15) is 22.1 Å². The van der Waals surface area contributed by atoms with Crippen LogP contribution in [0.25, 0.3) is 0 Å². The molecule has 0 spiro atoms. The van der Waals surface area contributed by atoms with Crippen LogP contribution in [-0.2, 0) is 10.0 Å². The molecule has 0 saturated heterocycles. The first-order valence-electron chi connectivity index (χ1n) is 7.63. The van der Waals surface area contributed by atoms with Crippen LogP contribution in [0, 0.1) is 5.82 Å². The lowest BCUT2D eigenvalue weighted by atomic mass is 9.90. The molecule has 1 aliphatic heterocycles. The van der Waals surface area contributed by atoms with Crippen LogP contribution in [0.1, 0.15) is 31.9 Å². The zero-order chi connectivity index (χ0) is 18.4. The maximum absolute atomic E-state index is 13.5. The molecule has 2 aromatic rings. The number of nitrogens with two attached hydrogens (primary N) is 1. The van der Waals surface area contributed by atoms with Crippen molar-refractivity contribution in [3.8, 4) is 5.75 Å². The quantitative estimate of drug-likeness (QED) is 0.733. The monoisotopic (exact) mass is 420 g/mol. The number of rotatable bonds is 3. The Morgan fingerprint density at radius 3 is 2.65 bits per heavy atom. The number of anilines is 1. The average Bonchev–Trinajstić information content (AvgIpc) is 2.49. The topological polar surface area (TPSA) is 81.4 Å². The lowest BCUT2D eigenvalue weighted by Crippen LogP contribution is -2.41. The summed E-state index contributed by atoms with van der Waals surface area (Å²) < 4.78 is 47.5. The van der Waals surface area contributed by atoms with Gasteiger partial charge in [0, 0.05) is 17.7 Å². The fourth-order valence-electron chi connectivity index (χ4n) is 2.91.